The van der Waals surface area contributed by atoms with Gasteiger partial charge in [0.05, 0.1) is 35.7 Å². The lowest BCUT2D eigenvalue weighted by atomic mass is 9.96. The summed E-state index contributed by atoms with van der Waals surface area (Å²) >= 11 is 1.18. The van der Waals surface area contributed by atoms with Crippen molar-refractivity contribution in [3.63, 3.8) is 0 Å². The van der Waals surface area contributed by atoms with Crippen LogP contribution in [0.15, 0.2) is 75.7 Å². The van der Waals surface area contributed by atoms with E-state index in [1.54, 1.807) is 11.8 Å². The van der Waals surface area contributed by atoms with Gasteiger partial charge in [-0.3, -0.25) is 14.2 Å². The molecule has 0 saturated heterocycles. The van der Waals surface area contributed by atoms with Crippen molar-refractivity contribution in [1.29, 1.82) is 0 Å². The zero-order valence-corrected chi connectivity index (χ0v) is 19.2. The molecule has 0 radical (unpaired) electrons. The first-order valence-electron chi connectivity index (χ1n) is 10.6. The third-order valence-corrected chi connectivity index (χ3v) is 7.04. The number of allylic oxidation sites excluding steroid dienone is 1. The number of benzene rings is 2. The van der Waals surface area contributed by atoms with Gasteiger partial charge >= 0.3 is 5.97 Å². The molecule has 1 aromatic heterocycles. The quantitative estimate of drug-likeness (QED) is 0.562. The Morgan fingerprint density at radius 3 is 2.48 bits per heavy atom. The molecule has 1 atom stereocenters. The number of esters is 1. The normalized spacial score (nSPS) is 18.7. The number of rotatable bonds is 3. The number of likely N-dealkylation sites (N-methyl/N-ethyl adjacent to an activating group) is 1. The van der Waals surface area contributed by atoms with Gasteiger partial charge in [-0.05, 0) is 25.5 Å². The molecule has 3 aromatic rings. The Balaban J connectivity index is 1.85. The van der Waals surface area contributed by atoms with Crippen LogP contribution in [0.4, 0.5) is 5.69 Å². The van der Waals surface area contributed by atoms with Gasteiger partial charge in [-0.15, -0.1) is 0 Å². The average molecular weight is 460 g/mol. The zero-order chi connectivity index (χ0) is 23.3. The van der Waals surface area contributed by atoms with Crippen molar-refractivity contribution in [2.24, 2.45) is 4.99 Å². The minimum Gasteiger partial charge on any atom is -0.466 e. The van der Waals surface area contributed by atoms with Crippen LogP contribution in [0.1, 0.15) is 31.0 Å². The van der Waals surface area contributed by atoms with Crippen LogP contribution in [0.25, 0.3) is 5.57 Å². The second-order valence-corrected chi connectivity index (χ2v) is 8.72. The Labute approximate surface area is 193 Å². The van der Waals surface area contributed by atoms with Crippen molar-refractivity contribution in [3.8, 4) is 0 Å². The van der Waals surface area contributed by atoms with Crippen molar-refractivity contribution < 1.29 is 14.3 Å². The van der Waals surface area contributed by atoms with Gasteiger partial charge in [-0.25, -0.2) is 9.79 Å². The van der Waals surface area contributed by atoms with Gasteiger partial charge in [-0.1, -0.05) is 59.9 Å². The van der Waals surface area contributed by atoms with Crippen LogP contribution in [-0.4, -0.2) is 30.1 Å². The molecule has 166 valence electrons. The summed E-state index contributed by atoms with van der Waals surface area (Å²) in [4.78, 5) is 46.6. The molecular formula is C25H21N3O4S. The summed E-state index contributed by atoms with van der Waals surface area (Å²) < 4.78 is 6.86. The van der Waals surface area contributed by atoms with Crippen LogP contribution in [0.2, 0.25) is 0 Å². The summed E-state index contributed by atoms with van der Waals surface area (Å²) in [5.41, 5.74) is 3.11. The van der Waals surface area contributed by atoms with E-state index in [0.29, 0.717) is 32.7 Å². The predicted molar refractivity (Wildman–Crippen MR) is 126 cm³/mol. The first-order valence-corrected chi connectivity index (χ1v) is 11.4. The van der Waals surface area contributed by atoms with E-state index in [1.165, 1.54) is 23.0 Å². The molecule has 0 fully saturated rings. The lowest BCUT2D eigenvalue weighted by molar-refractivity contribution is -0.136. The Hall–Kier alpha value is -3.78. The molecule has 0 unspecified atom stereocenters. The molecule has 1 amide bonds. The van der Waals surface area contributed by atoms with E-state index in [-0.39, 0.29) is 11.5 Å². The van der Waals surface area contributed by atoms with Gasteiger partial charge in [0.25, 0.3) is 11.5 Å². The highest BCUT2D eigenvalue weighted by Gasteiger charge is 2.36. The molecule has 0 bridgehead atoms. The molecule has 2 aromatic carbocycles. The fraction of sp³-hybridized carbons (Fsp3) is 0.200. The third-order valence-electron chi connectivity index (χ3n) is 5.98. The topological polar surface area (TPSA) is 81.0 Å². The van der Waals surface area contributed by atoms with Gasteiger partial charge in [0.15, 0.2) is 4.80 Å². The number of carbonyl (C=O) groups is 2. The molecule has 2 aliphatic heterocycles. The summed E-state index contributed by atoms with van der Waals surface area (Å²) in [5, 5.41) is 0. The maximum absolute atomic E-state index is 13.8. The summed E-state index contributed by atoms with van der Waals surface area (Å²) in [6, 6.07) is 16.1. The van der Waals surface area contributed by atoms with Gasteiger partial charge in [0.2, 0.25) is 0 Å². The number of ether oxygens (including phenoxy) is 1. The Morgan fingerprint density at radius 1 is 1.09 bits per heavy atom. The van der Waals surface area contributed by atoms with Gasteiger partial charge in [0.1, 0.15) is 4.53 Å². The number of thiazole rings is 1. The monoisotopic (exact) mass is 459 g/mol. The number of hydrogen-bond acceptors (Lipinski definition) is 6. The molecule has 2 aliphatic rings. The molecule has 8 heteroatoms. The first-order chi connectivity index (χ1) is 16.0. The standard InChI is InChI=1S/C25H21N3O4S/c1-4-27-17-13-9-8-12-16(17)19(22(27)29)21-23(30)28-20(15-10-6-5-7-11-15)18(24(31)32-3)14(2)26-25(28)33-21/h5-13,20H,4H2,1-3H3/b21-19-/t20-/m0/s1. The molecule has 5 rings (SSSR count). The largest absolute Gasteiger partial charge is 0.466 e. The lowest BCUT2D eigenvalue weighted by Crippen LogP contribution is -2.40. The highest BCUT2D eigenvalue weighted by atomic mass is 32.1. The lowest BCUT2D eigenvalue weighted by Gasteiger charge is -2.24. The van der Waals surface area contributed by atoms with Crippen LogP contribution in [0.3, 0.4) is 0 Å². The number of para-hydroxylation sites is 1. The van der Waals surface area contributed by atoms with Crippen LogP contribution in [0, 0.1) is 0 Å². The predicted octanol–water partition coefficient (Wildman–Crippen LogP) is 2.14. The molecular weight excluding hydrogens is 438 g/mol. The summed E-state index contributed by atoms with van der Waals surface area (Å²) in [5.74, 6) is -0.744. The zero-order valence-electron chi connectivity index (χ0n) is 18.4. The molecule has 0 spiro atoms. The number of aromatic nitrogens is 1. The van der Waals surface area contributed by atoms with Crippen molar-refractivity contribution >= 4 is 34.5 Å². The Kier molecular flexibility index (Phi) is 5.09. The van der Waals surface area contributed by atoms with Gasteiger partial charge in [0, 0.05) is 12.1 Å². The number of hydrogen-bond donors (Lipinski definition) is 0. The van der Waals surface area contributed by atoms with E-state index in [4.69, 9.17) is 4.74 Å². The number of carbonyl (C=O) groups excluding carboxylic acids is 2. The molecule has 0 N–H and O–H groups in total. The van der Waals surface area contributed by atoms with Crippen molar-refractivity contribution in [2.45, 2.75) is 19.9 Å². The fourth-order valence-corrected chi connectivity index (χ4v) is 5.64. The average Bonchev–Trinajstić information content (AvgIpc) is 3.30. The number of amides is 1. The third kappa shape index (κ3) is 3.09. The summed E-state index contributed by atoms with van der Waals surface area (Å²) in [6.07, 6.45) is 0. The highest BCUT2D eigenvalue weighted by Crippen LogP contribution is 2.35. The van der Waals surface area contributed by atoms with E-state index in [0.717, 1.165) is 16.8 Å². The molecule has 33 heavy (non-hydrogen) atoms. The number of anilines is 1. The van der Waals surface area contributed by atoms with E-state index < -0.39 is 12.0 Å². The van der Waals surface area contributed by atoms with Crippen molar-refractivity contribution in [2.75, 3.05) is 18.6 Å². The Bertz CT molecular complexity index is 1510. The number of fused-ring (bicyclic) bond motifs is 2. The van der Waals surface area contributed by atoms with Crippen LogP contribution >= 0.6 is 11.3 Å². The second kappa shape index (κ2) is 7.97. The molecule has 0 aliphatic carbocycles. The van der Waals surface area contributed by atoms with E-state index >= 15 is 0 Å². The maximum Gasteiger partial charge on any atom is 0.338 e. The van der Waals surface area contributed by atoms with Crippen molar-refractivity contribution in [3.05, 3.63) is 96.7 Å². The van der Waals surface area contributed by atoms with Crippen LogP contribution < -0.4 is 19.8 Å². The summed E-state index contributed by atoms with van der Waals surface area (Å²) in [7, 11) is 1.31. The Morgan fingerprint density at radius 2 is 1.79 bits per heavy atom. The molecule has 0 saturated carbocycles. The number of methoxy groups -OCH3 is 1. The summed E-state index contributed by atoms with van der Waals surface area (Å²) in [6.45, 7) is 4.13. The molecule has 7 nitrogen and oxygen atoms in total. The van der Waals surface area contributed by atoms with Crippen LogP contribution in [0.5, 0.6) is 0 Å². The first kappa shape index (κ1) is 21.1. The SMILES string of the molecule is CCN1C(=O)/C(=c2\sc3n(c2=O)[C@@H](c2ccccc2)C(C(=O)OC)=C(C)N=3)c2ccccc21. The highest BCUT2D eigenvalue weighted by molar-refractivity contribution is 7.07. The minimum atomic E-state index is -0.696. The van der Waals surface area contributed by atoms with E-state index in [2.05, 4.69) is 4.99 Å². The van der Waals surface area contributed by atoms with Gasteiger partial charge < -0.3 is 9.64 Å². The van der Waals surface area contributed by atoms with Crippen LogP contribution in [-0.2, 0) is 14.3 Å². The smallest absolute Gasteiger partial charge is 0.338 e. The molecule has 3 heterocycles. The number of nitrogens with zero attached hydrogens (tertiary/aromatic N) is 3. The fourth-order valence-electron chi connectivity index (χ4n) is 4.51. The van der Waals surface area contributed by atoms with Gasteiger partial charge in [-0.2, -0.15) is 0 Å². The second-order valence-electron chi connectivity index (χ2n) is 7.75. The van der Waals surface area contributed by atoms with E-state index in [9.17, 15) is 14.4 Å². The van der Waals surface area contributed by atoms with Crippen molar-refractivity contribution in [1.82, 2.24) is 4.57 Å². The minimum absolute atomic E-state index is 0.205. The maximum atomic E-state index is 13.8. The van der Waals surface area contributed by atoms with E-state index in [1.807, 2.05) is 61.5 Å².